The Balaban J connectivity index is 1.43. The fourth-order valence-electron chi connectivity index (χ4n) is 7.12. The average Bonchev–Trinajstić information content (AvgIpc) is 3.50. The van der Waals surface area contributed by atoms with Crippen molar-refractivity contribution in [3.05, 3.63) is 48.6 Å². The summed E-state index contributed by atoms with van der Waals surface area (Å²) in [4.78, 5) is 47.8. The molecule has 5 heterocycles. The van der Waals surface area contributed by atoms with Gasteiger partial charge in [0.1, 0.15) is 23.8 Å². The van der Waals surface area contributed by atoms with Crippen LogP contribution in [0.4, 0.5) is 0 Å². The van der Waals surface area contributed by atoms with Crippen molar-refractivity contribution >= 4 is 28.8 Å². The van der Waals surface area contributed by atoms with Crippen LogP contribution in [0.25, 0.3) is 11.0 Å². The van der Waals surface area contributed by atoms with Gasteiger partial charge in [0.2, 0.25) is 11.8 Å². The Morgan fingerprint density at radius 3 is 2.52 bits per heavy atom. The number of rotatable bonds is 8. The summed E-state index contributed by atoms with van der Waals surface area (Å²) in [5.74, 6) is -2.26. The summed E-state index contributed by atoms with van der Waals surface area (Å²) in [5.41, 5.74) is -0.780. The molecule has 1 spiro atoms. The van der Waals surface area contributed by atoms with Crippen molar-refractivity contribution in [1.29, 1.82) is 0 Å². The Bertz CT molecular complexity index is 1390. The van der Waals surface area contributed by atoms with Gasteiger partial charge in [-0.3, -0.25) is 14.4 Å². The quantitative estimate of drug-likeness (QED) is 0.494. The van der Waals surface area contributed by atoms with Crippen LogP contribution in [0.1, 0.15) is 33.1 Å². The first-order chi connectivity index (χ1) is 19.4. The lowest BCUT2D eigenvalue weighted by Gasteiger charge is -2.38. The van der Waals surface area contributed by atoms with Crippen LogP contribution >= 0.6 is 0 Å². The van der Waals surface area contributed by atoms with Crippen LogP contribution in [-0.2, 0) is 25.8 Å². The normalized spacial score (nSPS) is 31.5. The summed E-state index contributed by atoms with van der Waals surface area (Å²) in [6, 6.07) is 6.57. The fraction of sp³-hybridized carbons (Fsp3) is 0.552. The number of hydrogen-bond acceptors (Lipinski definition) is 7. The summed E-state index contributed by atoms with van der Waals surface area (Å²) >= 11 is 0. The van der Waals surface area contributed by atoms with Crippen LogP contribution in [0, 0.1) is 11.8 Å². The summed E-state index contributed by atoms with van der Waals surface area (Å²) in [5, 5.41) is 18.1. The molecule has 40 heavy (non-hydrogen) atoms. The first-order valence-electron chi connectivity index (χ1n) is 14.2. The number of likely N-dealkylation sites (tertiary alicyclic amines) is 1. The fourth-order valence-corrected chi connectivity index (χ4v) is 7.12. The first kappa shape index (κ1) is 26.6. The van der Waals surface area contributed by atoms with Crippen molar-refractivity contribution < 1.29 is 24.2 Å². The predicted molar refractivity (Wildman–Crippen MR) is 145 cm³/mol. The van der Waals surface area contributed by atoms with Gasteiger partial charge < -0.3 is 24.5 Å². The SMILES string of the molecule is CCCN1CC=C[C@@]2(CC)O[C@]34C=CCN(Cn5nnc6ccccc65)C(=O)C3N(CCCO)C(=O)[C@@H]4[C@H]2C1=O. The van der Waals surface area contributed by atoms with E-state index in [9.17, 15) is 19.5 Å². The van der Waals surface area contributed by atoms with E-state index in [1.165, 1.54) is 4.90 Å². The zero-order valence-electron chi connectivity index (χ0n) is 23.0. The van der Waals surface area contributed by atoms with Gasteiger partial charge in [0.15, 0.2) is 0 Å². The van der Waals surface area contributed by atoms with Crippen molar-refractivity contribution in [1.82, 2.24) is 29.7 Å². The van der Waals surface area contributed by atoms with Crippen molar-refractivity contribution in [2.24, 2.45) is 11.8 Å². The zero-order valence-corrected chi connectivity index (χ0v) is 23.0. The molecule has 0 bridgehead atoms. The Labute approximate surface area is 233 Å². The molecule has 4 aliphatic heterocycles. The van der Waals surface area contributed by atoms with Crippen molar-refractivity contribution in [3.63, 3.8) is 0 Å². The van der Waals surface area contributed by atoms with Gasteiger partial charge in [-0.05, 0) is 31.4 Å². The minimum Gasteiger partial charge on any atom is -0.396 e. The van der Waals surface area contributed by atoms with Gasteiger partial charge in [-0.1, -0.05) is 55.5 Å². The summed E-state index contributed by atoms with van der Waals surface area (Å²) < 4.78 is 8.62. The second kappa shape index (κ2) is 10.1. The molecule has 1 unspecified atom stereocenters. The number of carbonyl (C=O) groups is 3. The second-order valence-corrected chi connectivity index (χ2v) is 11.1. The molecule has 0 saturated carbocycles. The van der Waals surface area contributed by atoms with E-state index < -0.39 is 29.1 Å². The highest BCUT2D eigenvalue weighted by atomic mass is 16.5. The number of aromatic nitrogens is 3. The van der Waals surface area contributed by atoms with E-state index in [0.717, 1.165) is 17.5 Å². The molecule has 2 fully saturated rings. The summed E-state index contributed by atoms with van der Waals surface area (Å²) in [6.45, 7) is 5.54. The maximum atomic E-state index is 14.4. The molecular formula is C29H36N6O5. The highest BCUT2D eigenvalue weighted by molar-refractivity contribution is 6.00. The maximum absolute atomic E-state index is 14.4. The van der Waals surface area contributed by atoms with E-state index >= 15 is 0 Å². The summed E-state index contributed by atoms with van der Waals surface area (Å²) in [7, 11) is 0. The summed E-state index contributed by atoms with van der Waals surface area (Å²) in [6.07, 6.45) is 9.24. The van der Waals surface area contributed by atoms with E-state index in [4.69, 9.17) is 4.74 Å². The molecule has 0 radical (unpaired) electrons. The van der Waals surface area contributed by atoms with E-state index in [1.54, 1.807) is 14.5 Å². The maximum Gasteiger partial charge on any atom is 0.250 e. The molecule has 2 saturated heterocycles. The largest absolute Gasteiger partial charge is 0.396 e. The highest BCUT2D eigenvalue weighted by Gasteiger charge is 2.75. The van der Waals surface area contributed by atoms with E-state index in [1.807, 2.05) is 62.4 Å². The molecular weight excluding hydrogens is 512 g/mol. The number of amides is 3. The molecule has 4 aliphatic rings. The van der Waals surface area contributed by atoms with Gasteiger partial charge in [-0.2, -0.15) is 0 Å². The molecule has 11 nitrogen and oxygen atoms in total. The number of aliphatic hydroxyl groups excluding tert-OH is 1. The van der Waals surface area contributed by atoms with Crippen LogP contribution in [-0.4, -0.2) is 103 Å². The van der Waals surface area contributed by atoms with Crippen LogP contribution < -0.4 is 0 Å². The number of aliphatic hydroxyl groups is 1. The van der Waals surface area contributed by atoms with Gasteiger partial charge in [-0.15, -0.1) is 5.10 Å². The van der Waals surface area contributed by atoms with Gasteiger partial charge in [0.25, 0.3) is 5.91 Å². The monoisotopic (exact) mass is 548 g/mol. The second-order valence-electron chi connectivity index (χ2n) is 11.1. The third kappa shape index (κ3) is 3.81. The van der Waals surface area contributed by atoms with Crippen molar-refractivity contribution in [3.8, 4) is 0 Å². The minimum absolute atomic E-state index is 0.109. The lowest BCUT2D eigenvalue weighted by Crippen LogP contribution is -2.56. The third-order valence-corrected chi connectivity index (χ3v) is 8.88. The lowest BCUT2D eigenvalue weighted by atomic mass is 9.73. The predicted octanol–water partition coefficient (Wildman–Crippen LogP) is 1.34. The van der Waals surface area contributed by atoms with Gasteiger partial charge in [0.05, 0.1) is 23.0 Å². The average molecular weight is 549 g/mol. The first-order valence-corrected chi connectivity index (χ1v) is 14.2. The Morgan fingerprint density at radius 2 is 1.75 bits per heavy atom. The Morgan fingerprint density at radius 1 is 0.975 bits per heavy atom. The number of para-hydroxylation sites is 1. The minimum atomic E-state index is -1.31. The number of hydrogen-bond donors (Lipinski definition) is 1. The molecule has 0 aliphatic carbocycles. The number of carbonyl (C=O) groups excluding carboxylic acids is 3. The smallest absolute Gasteiger partial charge is 0.250 e. The topological polar surface area (TPSA) is 121 Å². The molecule has 5 atom stereocenters. The van der Waals surface area contributed by atoms with Crippen LogP contribution in [0.15, 0.2) is 48.6 Å². The van der Waals surface area contributed by atoms with E-state index in [-0.39, 0.29) is 37.5 Å². The number of nitrogens with zero attached hydrogens (tertiary/aromatic N) is 6. The third-order valence-electron chi connectivity index (χ3n) is 8.88. The molecule has 11 heteroatoms. The Kier molecular flexibility index (Phi) is 6.74. The van der Waals surface area contributed by atoms with Gasteiger partial charge in [-0.25, -0.2) is 4.68 Å². The van der Waals surface area contributed by atoms with E-state index in [0.29, 0.717) is 32.5 Å². The van der Waals surface area contributed by atoms with Crippen LogP contribution in [0.2, 0.25) is 0 Å². The zero-order chi connectivity index (χ0) is 28.1. The molecule has 212 valence electrons. The number of benzene rings is 1. The number of fused-ring (bicyclic) bond motifs is 3. The van der Waals surface area contributed by atoms with Gasteiger partial charge >= 0.3 is 0 Å². The molecule has 3 amide bonds. The Hall–Kier alpha value is -3.57. The lowest BCUT2D eigenvalue weighted by molar-refractivity contribution is -0.155. The standard InChI is InChI=1S/C29H36N6O5/c1-3-14-32-15-7-12-28(4-2)22(25(32)37)23-26(38)34(17-9-18-36)24-27(39)33(16-8-13-29(23,24)40-28)19-35-21-11-6-5-10-20(21)30-31-35/h5-8,10-13,22-24,36H,3-4,9,14-19H2,1-2H3/t22-,23-,24?,28+,29-/m0/s1. The molecule has 1 aromatic carbocycles. The number of ether oxygens (including phenoxy) is 1. The van der Waals surface area contributed by atoms with Crippen molar-refractivity contribution in [2.75, 3.05) is 32.8 Å². The van der Waals surface area contributed by atoms with Crippen molar-refractivity contribution in [2.45, 2.75) is 57.0 Å². The van der Waals surface area contributed by atoms with Crippen LogP contribution in [0.3, 0.4) is 0 Å². The molecule has 1 aromatic heterocycles. The highest BCUT2D eigenvalue weighted by Crippen LogP contribution is 2.58. The van der Waals surface area contributed by atoms with Crippen LogP contribution in [0.5, 0.6) is 0 Å². The molecule has 2 aromatic rings. The van der Waals surface area contributed by atoms with E-state index in [2.05, 4.69) is 10.3 Å². The molecule has 1 N–H and O–H groups in total. The van der Waals surface area contributed by atoms with Gasteiger partial charge in [0, 0.05) is 32.8 Å². The molecule has 6 rings (SSSR count).